The first-order valence-corrected chi connectivity index (χ1v) is 35.5. The van der Waals surface area contributed by atoms with E-state index >= 15 is 0 Å². The van der Waals surface area contributed by atoms with Gasteiger partial charge in [-0.2, -0.15) is 0 Å². The fraction of sp³-hybridized carbons (Fsp3) is 0.944. The maximum absolute atomic E-state index is 12.5. The Labute approximate surface area is 482 Å². The molecule has 0 rings (SSSR count). The number of aliphatic hydroxyl groups is 2. The molecule has 0 heterocycles. The fourth-order valence-corrected chi connectivity index (χ4v) is 11.4. The van der Waals surface area contributed by atoms with Crippen LogP contribution in [0, 0.1) is 0 Å². The van der Waals surface area contributed by atoms with Crippen molar-refractivity contribution in [2.24, 2.45) is 0 Å². The van der Waals surface area contributed by atoms with Gasteiger partial charge in [-0.15, -0.1) is 0 Å². The predicted molar refractivity (Wildman–Crippen MR) is 338 cm³/mol. The van der Waals surface area contributed by atoms with Crippen molar-refractivity contribution >= 4 is 11.9 Å². The van der Waals surface area contributed by atoms with Gasteiger partial charge >= 0.3 is 5.97 Å². The van der Waals surface area contributed by atoms with Gasteiger partial charge in [-0.25, -0.2) is 0 Å². The van der Waals surface area contributed by atoms with E-state index in [9.17, 15) is 19.8 Å². The molecule has 3 N–H and O–H groups in total. The Morgan fingerprint density at radius 1 is 0.351 bits per heavy atom. The average Bonchev–Trinajstić information content (AvgIpc) is 3.43. The first kappa shape index (κ1) is 75.6. The quantitative estimate of drug-likeness (QED) is 0.0320. The number of unbranched alkanes of at least 4 members (excludes halogenated alkanes) is 56. The number of rotatable bonds is 67. The summed E-state index contributed by atoms with van der Waals surface area (Å²) < 4.78 is 5.51. The van der Waals surface area contributed by atoms with Gasteiger partial charge in [0.2, 0.25) is 5.91 Å². The minimum Gasteiger partial charge on any atom is -0.466 e. The third-order valence-corrected chi connectivity index (χ3v) is 16.8. The van der Waals surface area contributed by atoms with Crippen molar-refractivity contribution in [3.8, 4) is 0 Å². The zero-order valence-corrected chi connectivity index (χ0v) is 52.5. The highest BCUT2D eigenvalue weighted by atomic mass is 16.5. The summed E-state index contributed by atoms with van der Waals surface area (Å²) in [6, 6.07) is -0.626. The Bertz CT molecular complexity index is 1160. The minimum absolute atomic E-state index is 0.0214. The van der Waals surface area contributed by atoms with Crippen molar-refractivity contribution in [1.29, 1.82) is 0 Å². The van der Waals surface area contributed by atoms with E-state index in [-0.39, 0.29) is 18.5 Å². The SMILES string of the molecule is CCCCCCCCCCCCCCCCC/C=C/C(O)C(CO)NC(=O)CCCCCCCCCCCCCCCCCCCCCCCCCCCOC(=O)CCCCCCCCCCCCCCCCCCCC. The summed E-state index contributed by atoms with van der Waals surface area (Å²) in [6.45, 7) is 4.95. The van der Waals surface area contributed by atoms with Gasteiger partial charge in [0.05, 0.1) is 25.4 Å². The molecule has 0 aliphatic rings. The van der Waals surface area contributed by atoms with E-state index in [0.29, 0.717) is 19.4 Å². The lowest BCUT2D eigenvalue weighted by Gasteiger charge is -2.20. The number of amides is 1. The number of hydrogen-bond acceptors (Lipinski definition) is 5. The van der Waals surface area contributed by atoms with Gasteiger partial charge in [0.15, 0.2) is 0 Å². The van der Waals surface area contributed by atoms with Gasteiger partial charge in [0.1, 0.15) is 0 Å². The van der Waals surface area contributed by atoms with Crippen LogP contribution in [0.4, 0.5) is 0 Å². The number of carbonyl (C=O) groups excluding carboxylic acids is 2. The minimum atomic E-state index is -0.843. The molecule has 0 saturated carbocycles. The molecule has 0 bridgehead atoms. The van der Waals surface area contributed by atoms with Gasteiger partial charge in [-0.05, 0) is 32.1 Å². The maximum atomic E-state index is 12.5. The molecular weight excluding hydrogens is 947 g/mol. The van der Waals surface area contributed by atoms with E-state index in [1.807, 2.05) is 6.08 Å². The molecular formula is C71H139NO5. The lowest BCUT2D eigenvalue weighted by molar-refractivity contribution is -0.143. The highest BCUT2D eigenvalue weighted by Gasteiger charge is 2.18. The number of nitrogens with one attached hydrogen (secondary N) is 1. The number of aliphatic hydroxyl groups excluding tert-OH is 2. The van der Waals surface area contributed by atoms with Crippen LogP contribution in [0.3, 0.4) is 0 Å². The van der Waals surface area contributed by atoms with Gasteiger partial charge < -0.3 is 20.3 Å². The van der Waals surface area contributed by atoms with Crippen molar-refractivity contribution < 1.29 is 24.5 Å². The van der Waals surface area contributed by atoms with E-state index in [1.54, 1.807) is 6.08 Å². The Balaban J connectivity index is 3.35. The topological polar surface area (TPSA) is 95.9 Å². The summed E-state index contributed by atoms with van der Waals surface area (Å²) in [5.41, 5.74) is 0. The smallest absolute Gasteiger partial charge is 0.305 e. The highest BCUT2D eigenvalue weighted by Crippen LogP contribution is 2.19. The third-order valence-electron chi connectivity index (χ3n) is 16.8. The van der Waals surface area contributed by atoms with Gasteiger partial charge in [-0.3, -0.25) is 9.59 Å². The summed E-state index contributed by atoms with van der Waals surface area (Å²) in [7, 11) is 0. The molecule has 0 aromatic rings. The number of hydrogen-bond donors (Lipinski definition) is 3. The Hall–Kier alpha value is -1.40. The van der Waals surface area contributed by atoms with Crippen LogP contribution in [0.1, 0.15) is 406 Å². The van der Waals surface area contributed by atoms with Crippen LogP contribution in [0.2, 0.25) is 0 Å². The molecule has 0 aliphatic heterocycles. The van der Waals surface area contributed by atoms with Crippen LogP contribution in [0.5, 0.6) is 0 Å². The molecule has 2 unspecified atom stereocenters. The second-order valence-corrected chi connectivity index (χ2v) is 24.6. The van der Waals surface area contributed by atoms with Crippen molar-refractivity contribution in [2.75, 3.05) is 13.2 Å². The molecule has 2 atom stereocenters. The van der Waals surface area contributed by atoms with Crippen LogP contribution >= 0.6 is 0 Å². The summed E-state index contributed by atoms with van der Waals surface area (Å²) in [5.74, 6) is -0.0411. The van der Waals surface area contributed by atoms with Crippen molar-refractivity contribution in [3.05, 3.63) is 12.2 Å². The molecule has 0 spiro atoms. The second-order valence-electron chi connectivity index (χ2n) is 24.6. The highest BCUT2D eigenvalue weighted by molar-refractivity contribution is 5.76. The predicted octanol–water partition coefficient (Wildman–Crippen LogP) is 22.8. The van der Waals surface area contributed by atoms with Gasteiger partial charge in [0, 0.05) is 12.8 Å². The molecule has 0 radical (unpaired) electrons. The first-order chi connectivity index (χ1) is 38.0. The fourth-order valence-electron chi connectivity index (χ4n) is 11.4. The van der Waals surface area contributed by atoms with Crippen molar-refractivity contribution in [3.63, 3.8) is 0 Å². The summed E-state index contributed by atoms with van der Waals surface area (Å²) >= 11 is 0. The van der Waals surface area contributed by atoms with Crippen LogP contribution in [0.25, 0.3) is 0 Å². The molecule has 1 amide bonds. The number of esters is 1. The number of ether oxygens (including phenoxy) is 1. The van der Waals surface area contributed by atoms with Crippen LogP contribution < -0.4 is 5.32 Å². The van der Waals surface area contributed by atoms with Crippen LogP contribution in [0.15, 0.2) is 12.2 Å². The zero-order chi connectivity index (χ0) is 55.7. The second kappa shape index (κ2) is 67.1. The lowest BCUT2D eigenvalue weighted by Crippen LogP contribution is -2.45. The van der Waals surface area contributed by atoms with Crippen molar-refractivity contribution in [1.82, 2.24) is 5.32 Å². The number of carbonyl (C=O) groups is 2. The molecule has 77 heavy (non-hydrogen) atoms. The Morgan fingerprint density at radius 3 is 0.883 bits per heavy atom. The van der Waals surface area contributed by atoms with E-state index in [4.69, 9.17) is 4.74 Å². The van der Waals surface area contributed by atoms with Crippen LogP contribution in [-0.2, 0) is 14.3 Å². The Kier molecular flexibility index (Phi) is 65.9. The largest absolute Gasteiger partial charge is 0.466 e. The lowest BCUT2D eigenvalue weighted by atomic mass is 10.0. The standard InChI is InChI=1S/C71H139NO5/c1-3-5-7-9-11-13-15-17-19-21-33-37-41-45-49-53-57-61-65-71(76)77-66-62-58-54-50-46-42-38-34-30-28-26-24-22-23-25-27-29-32-36-40-44-48-52-56-60-64-70(75)72-68(67-73)69(74)63-59-55-51-47-43-39-35-31-20-18-16-14-12-10-8-6-4-2/h59,63,68-69,73-74H,3-58,60-62,64-67H2,1-2H3,(H,72,75)/b63-59+. The molecule has 0 aliphatic carbocycles. The van der Waals surface area contributed by atoms with Crippen molar-refractivity contribution in [2.45, 2.75) is 418 Å². The summed E-state index contributed by atoms with van der Waals surface area (Å²) in [5, 5.41) is 23.2. The normalized spacial score (nSPS) is 12.5. The number of allylic oxidation sites excluding steroid dienone is 1. The Morgan fingerprint density at radius 2 is 0.597 bits per heavy atom. The summed E-state index contributed by atoms with van der Waals surface area (Å²) in [6.07, 6.45) is 82.9. The molecule has 6 nitrogen and oxygen atoms in total. The summed E-state index contributed by atoms with van der Waals surface area (Å²) in [4.78, 5) is 24.6. The van der Waals surface area contributed by atoms with Crippen LogP contribution in [-0.4, -0.2) is 47.4 Å². The van der Waals surface area contributed by atoms with Gasteiger partial charge in [-0.1, -0.05) is 373 Å². The van der Waals surface area contributed by atoms with E-state index < -0.39 is 12.1 Å². The molecule has 458 valence electrons. The van der Waals surface area contributed by atoms with E-state index in [0.717, 1.165) is 38.5 Å². The molecule has 0 aromatic carbocycles. The molecule has 0 fully saturated rings. The van der Waals surface area contributed by atoms with Gasteiger partial charge in [0.25, 0.3) is 0 Å². The monoisotopic (exact) mass is 1090 g/mol. The van der Waals surface area contributed by atoms with E-state index in [1.165, 1.54) is 340 Å². The maximum Gasteiger partial charge on any atom is 0.305 e. The molecule has 6 heteroatoms. The average molecular weight is 1090 g/mol. The van der Waals surface area contributed by atoms with E-state index in [2.05, 4.69) is 19.2 Å². The third kappa shape index (κ3) is 63.6. The first-order valence-electron chi connectivity index (χ1n) is 35.5. The zero-order valence-electron chi connectivity index (χ0n) is 52.5. The molecule has 0 aromatic heterocycles. The molecule has 0 saturated heterocycles.